The summed E-state index contributed by atoms with van der Waals surface area (Å²) >= 11 is 0. The first-order valence-corrected chi connectivity index (χ1v) is 15.5. The van der Waals surface area contributed by atoms with Gasteiger partial charge >= 0.3 is 0 Å². The van der Waals surface area contributed by atoms with Gasteiger partial charge in [0.25, 0.3) is 11.5 Å². The summed E-state index contributed by atoms with van der Waals surface area (Å²) in [6.07, 6.45) is 2.11. The van der Waals surface area contributed by atoms with Crippen LogP contribution in [0.15, 0.2) is 47.3 Å². The van der Waals surface area contributed by atoms with E-state index in [1.165, 1.54) is 6.07 Å². The van der Waals surface area contributed by atoms with Crippen molar-refractivity contribution in [2.24, 2.45) is 5.92 Å². The van der Waals surface area contributed by atoms with E-state index in [1.807, 2.05) is 17.0 Å². The number of benzene rings is 2. The normalized spacial score (nSPS) is 21.1. The highest BCUT2D eigenvalue weighted by molar-refractivity contribution is 5.95. The molecule has 2 N–H and O–H groups in total. The maximum Gasteiger partial charge on any atom is 0.272 e. The summed E-state index contributed by atoms with van der Waals surface area (Å²) in [7, 11) is 0. The van der Waals surface area contributed by atoms with Gasteiger partial charge < -0.3 is 15.1 Å². The molecule has 3 aromatic rings. The predicted molar refractivity (Wildman–Crippen MR) is 160 cm³/mol. The first kappa shape index (κ1) is 28.1. The zero-order chi connectivity index (χ0) is 29.5. The number of amides is 2. The lowest BCUT2D eigenvalue weighted by Crippen LogP contribution is -2.69. The predicted octanol–water partition coefficient (Wildman–Crippen LogP) is 1.31. The smallest absolute Gasteiger partial charge is 0.272 e. The molecule has 0 aliphatic carbocycles. The number of aromatic amines is 1. The Morgan fingerprint density at radius 3 is 2.26 bits per heavy atom. The van der Waals surface area contributed by atoms with Crippen LogP contribution < -0.4 is 10.9 Å². The van der Waals surface area contributed by atoms with Gasteiger partial charge in [-0.1, -0.05) is 24.3 Å². The fourth-order valence-corrected chi connectivity index (χ4v) is 6.96. The summed E-state index contributed by atoms with van der Waals surface area (Å²) in [5, 5.41) is 11.4. The Kier molecular flexibility index (Phi) is 7.71. The van der Waals surface area contributed by atoms with Crippen molar-refractivity contribution in [2.45, 2.75) is 31.3 Å². The molecule has 4 fully saturated rings. The molecule has 0 unspecified atom stereocenters. The van der Waals surface area contributed by atoms with E-state index in [1.54, 1.807) is 29.2 Å². The van der Waals surface area contributed by atoms with Gasteiger partial charge in [0.15, 0.2) is 0 Å². The van der Waals surface area contributed by atoms with Crippen molar-refractivity contribution in [3.8, 4) is 0 Å². The Labute approximate surface area is 249 Å². The average Bonchev–Trinajstić information content (AvgIpc) is 3.00. The summed E-state index contributed by atoms with van der Waals surface area (Å²) in [6, 6.07) is 13.1. The second-order valence-electron chi connectivity index (χ2n) is 12.4. The molecule has 4 aliphatic rings. The van der Waals surface area contributed by atoms with Crippen molar-refractivity contribution in [1.82, 2.24) is 35.1 Å². The monoisotopic (exact) mass is 587 g/mol. The minimum Gasteiger partial charge on any atom is -0.339 e. The van der Waals surface area contributed by atoms with E-state index in [9.17, 15) is 18.8 Å². The number of piperazine rings is 1. The Morgan fingerprint density at radius 1 is 0.860 bits per heavy atom. The van der Waals surface area contributed by atoms with Crippen LogP contribution in [0.25, 0.3) is 10.8 Å². The molecule has 11 heteroatoms. The molecule has 2 aromatic carbocycles. The van der Waals surface area contributed by atoms with Crippen LogP contribution >= 0.6 is 0 Å². The van der Waals surface area contributed by atoms with E-state index in [0.29, 0.717) is 55.8 Å². The quantitative estimate of drug-likeness (QED) is 0.448. The molecule has 43 heavy (non-hydrogen) atoms. The van der Waals surface area contributed by atoms with Crippen LogP contribution in [-0.2, 0) is 11.2 Å². The van der Waals surface area contributed by atoms with Crippen molar-refractivity contribution >= 4 is 22.6 Å². The van der Waals surface area contributed by atoms with Crippen LogP contribution in [0.2, 0.25) is 0 Å². The van der Waals surface area contributed by atoms with Crippen LogP contribution in [0, 0.1) is 11.7 Å². The standard InChI is InChI=1S/C32H38FN7O3/c33-28-6-5-21(16-29-25-3-1-2-4-26(25)30(41)36-35-29)15-27(28)32(43)39-13-11-38(12-14-39)31(42)22-7-9-37(10-8-22)24-19-40(20-24)23-17-34-18-23/h1-6,15,22-24,34H,7-14,16-20H2,(H,36,41). The highest BCUT2D eigenvalue weighted by Crippen LogP contribution is 2.27. The van der Waals surface area contributed by atoms with Gasteiger partial charge in [-0.15, -0.1) is 0 Å². The van der Waals surface area contributed by atoms with Crippen molar-refractivity contribution in [3.05, 3.63) is 75.5 Å². The number of halogens is 1. The Balaban J connectivity index is 0.927. The number of nitrogens with one attached hydrogen (secondary N) is 2. The van der Waals surface area contributed by atoms with Crippen molar-refractivity contribution in [3.63, 3.8) is 0 Å². The maximum absolute atomic E-state index is 14.9. The third-order valence-electron chi connectivity index (χ3n) is 9.85. The molecule has 4 saturated heterocycles. The SMILES string of the molecule is O=C(c1cc(Cc2n[nH]c(=O)c3ccccc23)ccc1F)N1CCN(C(=O)C2CCN(C3CN(C4CNC4)C3)CC2)CC1. The van der Waals surface area contributed by atoms with Crippen LogP contribution in [0.3, 0.4) is 0 Å². The number of carbonyl (C=O) groups is 2. The van der Waals surface area contributed by atoms with E-state index in [4.69, 9.17) is 0 Å². The van der Waals surface area contributed by atoms with Crippen LogP contribution in [-0.4, -0.2) is 119 Å². The van der Waals surface area contributed by atoms with E-state index in [-0.39, 0.29) is 28.9 Å². The number of aromatic nitrogens is 2. The number of hydrogen-bond donors (Lipinski definition) is 2. The van der Waals surface area contributed by atoms with Crippen LogP contribution in [0.5, 0.6) is 0 Å². The first-order valence-electron chi connectivity index (χ1n) is 15.5. The summed E-state index contributed by atoms with van der Waals surface area (Å²) in [4.78, 5) is 47.5. The van der Waals surface area contributed by atoms with Gasteiger partial charge in [-0.05, 0) is 49.7 Å². The number of nitrogens with zero attached hydrogens (tertiary/aromatic N) is 5. The Hall–Kier alpha value is -3.67. The molecule has 7 rings (SSSR count). The van der Waals surface area contributed by atoms with Crippen LogP contribution in [0.1, 0.15) is 34.5 Å². The van der Waals surface area contributed by atoms with Gasteiger partial charge in [-0.3, -0.25) is 24.2 Å². The molecular weight excluding hydrogens is 549 g/mol. The molecular formula is C32H38FN7O3. The van der Waals surface area contributed by atoms with E-state index in [0.717, 1.165) is 63.1 Å². The second-order valence-corrected chi connectivity index (χ2v) is 12.4. The largest absolute Gasteiger partial charge is 0.339 e. The molecule has 226 valence electrons. The molecule has 0 atom stereocenters. The highest BCUT2D eigenvalue weighted by Gasteiger charge is 2.40. The fourth-order valence-electron chi connectivity index (χ4n) is 6.96. The van der Waals surface area contributed by atoms with Gasteiger partial charge in [-0.2, -0.15) is 5.10 Å². The van der Waals surface area contributed by atoms with Crippen molar-refractivity contribution < 1.29 is 14.0 Å². The third-order valence-corrected chi connectivity index (χ3v) is 9.85. The number of piperidine rings is 1. The number of hydrogen-bond acceptors (Lipinski definition) is 7. The van der Waals surface area contributed by atoms with Crippen molar-refractivity contribution in [2.75, 3.05) is 65.4 Å². The number of carbonyl (C=O) groups excluding carboxylic acids is 2. The summed E-state index contributed by atoms with van der Waals surface area (Å²) in [6.45, 7) is 8.14. The van der Waals surface area contributed by atoms with Crippen LogP contribution in [0.4, 0.5) is 4.39 Å². The third kappa shape index (κ3) is 5.57. The molecule has 0 saturated carbocycles. The highest BCUT2D eigenvalue weighted by atomic mass is 19.1. The lowest BCUT2D eigenvalue weighted by molar-refractivity contribution is -0.139. The second kappa shape index (κ2) is 11.8. The summed E-state index contributed by atoms with van der Waals surface area (Å²) < 4.78 is 14.9. The molecule has 0 radical (unpaired) electrons. The number of rotatable bonds is 6. The summed E-state index contributed by atoms with van der Waals surface area (Å²) in [5.74, 6) is -0.711. The molecule has 0 bridgehead atoms. The number of likely N-dealkylation sites (tertiary alicyclic amines) is 2. The van der Waals surface area contributed by atoms with Gasteiger partial charge in [-0.25, -0.2) is 9.49 Å². The lowest BCUT2D eigenvalue weighted by Gasteiger charge is -2.52. The molecule has 1 aromatic heterocycles. The number of fused-ring (bicyclic) bond motifs is 1. The Morgan fingerprint density at radius 2 is 1.56 bits per heavy atom. The minimum absolute atomic E-state index is 0.0153. The lowest BCUT2D eigenvalue weighted by atomic mass is 9.92. The average molecular weight is 588 g/mol. The van der Waals surface area contributed by atoms with Gasteiger partial charge in [0.2, 0.25) is 5.91 Å². The molecule has 10 nitrogen and oxygen atoms in total. The minimum atomic E-state index is -0.572. The van der Waals surface area contributed by atoms with E-state index >= 15 is 0 Å². The van der Waals surface area contributed by atoms with Gasteiger partial charge in [0.1, 0.15) is 5.82 Å². The molecule has 0 spiro atoms. The van der Waals surface area contributed by atoms with Crippen molar-refractivity contribution in [1.29, 1.82) is 0 Å². The fraction of sp³-hybridized carbons (Fsp3) is 0.500. The summed E-state index contributed by atoms with van der Waals surface area (Å²) in [5.41, 5.74) is 1.13. The van der Waals surface area contributed by atoms with Gasteiger partial charge in [0, 0.05) is 82.2 Å². The van der Waals surface area contributed by atoms with E-state index in [2.05, 4.69) is 25.3 Å². The molecule has 2 amide bonds. The zero-order valence-corrected chi connectivity index (χ0v) is 24.3. The molecule has 4 aliphatic heterocycles. The van der Waals surface area contributed by atoms with E-state index < -0.39 is 5.82 Å². The zero-order valence-electron chi connectivity index (χ0n) is 24.3. The first-order chi connectivity index (χ1) is 20.9. The topological polar surface area (TPSA) is 105 Å². The maximum atomic E-state index is 14.9. The number of H-pyrrole nitrogens is 1. The Bertz CT molecular complexity index is 1570. The van der Waals surface area contributed by atoms with Gasteiger partial charge in [0.05, 0.1) is 16.6 Å². The molecule has 5 heterocycles.